The Hall–Kier alpha value is -2.39. The van der Waals surface area contributed by atoms with E-state index in [0.29, 0.717) is 24.9 Å². The summed E-state index contributed by atoms with van der Waals surface area (Å²) in [5, 5.41) is 14.0. The van der Waals surface area contributed by atoms with Crippen LogP contribution in [0.4, 0.5) is 5.95 Å². The van der Waals surface area contributed by atoms with Crippen molar-refractivity contribution in [1.82, 2.24) is 24.9 Å². The van der Waals surface area contributed by atoms with Crippen molar-refractivity contribution in [3.8, 4) is 5.69 Å². The summed E-state index contributed by atoms with van der Waals surface area (Å²) < 4.78 is 13.2. The Balaban J connectivity index is 1.68. The lowest BCUT2D eigenvalue weighted by atomic mass is 9.96. The Bertz CT molecular complexity index is 1020. The van der Waals surface area contributed by atoms with Crippen molar-refractivity contribution in [2.45, 2.75) is 56.9 Å². The molecule has 1 saturated heterocycles. The summed E-state index contributed by atoms with van der Waals surface area (Å²) in [6.07, 6.45) is 0.972. The minimum atomic E-state index is -0.156. The van der Waals surface area contributed by atoms with Crippen LogP contribution >= 0.6 is 11.8 Å². The molecule has 4 rings (SSSR count). The van der Waals surface area contributed by atoms with E-state index in [9.17, 15) is 0 Å². The van der Waals surface area contributed by atoms with Gasteiger partial charge in [0.25, 0.3) is 0 Å². The normalized spacial score (nSPS) is 16.0. The van der Waals surface area contributed by atoms with Gasteiger partial charge < -0.3 is 14.2 Å². The van der Waals surface area contributed by atoms with Crippen molar-refractivity contribution >= 4 is 17.7 Å². The van der Waals surface area contributed by atoms with Gasteiger partial charge in [-0.25, -0.2) is 0 Å². The maximum absolute atomic E-state index is 5.56. The molecule has 0 aliphatic carbocycles. The molecule has 0 spiro atoms. The number of ether oxygens (including phenoxy) is 1. The first kappa shape index (κ1) is 21.8. The molecule has 3 heterocycles. The largest absolute Gasteiger partial charge is 0.378 e. The van der Waals surface area contributed by atoms with E-state index in [1.165, 1.54) is 5.56 Å². The fourth-order valence-corrected chi connectivity index (χ4v) is 4.25. The Morgan fingerprint density at radius 3 is 2.61 bits per heavy atom. The highest BCUT2D eigenvalue weighted by molar-refractivity contribution is 7.99. The Labute approximate surface area is 187 Å². The maximum Gasteiger partial charge on any atom is 0.239 e. The third-order valence-electron chi connectivity index (χ3n) is 5.23. The second-order valence-electron chi connectivity index (χ2n) is 8.71. The number of aromatic nitrogens is 5. The number of benzene rings is 1. The van der Waals surface area contributed by atoms with Crippen LogP contribution in [-0.2, 0) is 16.6 Å². The molecule has 0 N–H and O–H groups in total. The highest BCUT2D eigenvalue weighted by Crippen LogP contribution is 2.37. The zero-order valence-corrected chi connectivity index (χ0v) is 19.6. The first-order chi connectivity index (χ1) is 14.9. The van der Waals surface area contributed by atoms with Gasteiger partial charge in [-0.2, -0.15) is 4.98 Å². The number of rotatable bonds is 6. The van der Waals surface area contributed by atoms with E-state index in [4.69, 9.17) is 9.26 Å². The molecule has 1 fully saturated rings. The summed E-state index contributed by atoms with van der Waals surface area (Å²) in [5.74, 6) is 2.15. The fraction of sp³-hybridized carbons (Fsp3) is 0.545. The van der Waals surface area contributed by atoms with Crippen LogP contribution in [0.15, 0.2) is 33.9 Å². The summed E-state index contributed by atoms with van der Waals surface area (Å²) in [4.78, 5) is 6.85. The van der Waals surface area contributed by atoms with Crippen LogP contribution in [0.1, 0.15) is 57.1 Å². The lowest BCUT2D eigenvalue weighted by Crippen LogP contribution is -2.37. The van der Waals surface area contributed by atoms with Crippen LogP contribution in [0, 0.1) is 0 Å². The quantitative estimate of drug-likeness (QED) is 0.525. The Morgan fingerprint density at radius 2 is 1.94 bits per heavy atom. The third kappa shape index (κ3) is 4.77. The number of thioether (sulfide) groups is 1. The van der Waals surface area contributed by atoms with Gasteiger partial charge >= 0.3 is 0 Å². The van der Waals surface area contributed by atoms with E-state index in [1.54, 1.807) is 11.8 Å². The molecular weight excluding hydrogens is 412 g/mol. The molecule has 2 aromatic heterocycles. The van der Waals surface area contributed by atoms with E-state index >= 15 is 0 Å². The van der Waals surface area contributed by atoms with E-state index < -0.39 is 0 Å². The van der Waals surface area contributed by atoms with Gasteiger partial charge in [0.1, 0.15) is 0 Å². The zero-order chi connectivity index (χ0) is 22.0. The molecule has 1 atom stereocenters. The molecular formula is C22H30N6O2S. The molecule has 0 radical (unpaired) electrons. The minimum Gasteiger partial charge on any atom is -0.378 e. The average molecular weight is 443 g/mol. The van der Waals surface area contributed by atoms with E-state index in [-0.39, 0.29) is 10.7 Å². The van der Waals surface area contributed by atoms with Crippen LogP contribution in [0.3, 0.4) is 0 Å². The lowest BCUT2D eigenvalue weighted by Gasteiger charge is -2.28. The van der Waals surface area contributed by atoms with Gasteiger partial charge in [0.05, 0.1) is 24.2 Å². The van der Waals surface area contributed by atoms with E-state index in [2.05, 4.69) is 88.7 Å². The van der Waals surface area contributed by atoms with Crippen molar-refractivity contribution in [3.63, 3.8) is 0 Å². The summed E-state index contributed by atoms with van der Waals surface area (Å²) in [6.45, 7) is 13.4. The second-order valence-corrected chi connectivity index (χ2v) is 10.0. The van der Waals surface area contributed by atoms with Gasteiger partial charge in [-0.15, -0.1) is 10.2 Å². The monoisotopic (exact) mass is 442 g/mol. The summed E-state index contributed by atoms with van der Waals surface area (Å²) >= 11 is 1.58. The molecule has 1 aliphatic heterocycles. The molecule has 1 aliphatic rings. The molecule has 0 saturated carbocycles. The van der Waals surface area contributed by atoms with Gasteiger partial charge in [0.2, 0.25) is 11.8 Å². The first-order valence-corrected chi connectivity index (χ1v) is 11.6. The van der Waals surface area contributed by atoms with Gasteiger partial charge in [-0.05, 0) is 31.0 Å². The molecule has 9 heteroatoms. The Morgan fingerprint density at radius 1 is 1.16 bits per heavy atom. The number of morpholine rings is 1. The molecule has 31 heavy (non-hydrogen) atoms. The molecule has 1 aromatic carbocycles. The second kappa shape index (κ2) is 9.00. The summed E-state index contributed by atoms with van der Waals surface area (Å²) in [6, 6.07) is 8.53. The molecule has 0 amide bonds. The predicted octanol–water partition coefficient (Wildman–Crippen LogP) is 4.20. The summed E-state index contributed by atoms with van der Waals surface area (Å²) in [7, 11) is 0. The van der Waals surface area contributed by atoms with Crippen molar-refractivity contribution in [2.75, 3.05) is 31.2 Å². The van der Waals surface area contributed by atoms with Crippen LogP contribution in [0.5, 0.6) is 0 Å². The van der Waals surface area contributed by atoms with Crippen LogP contribution < -0.4 is 4.90 Å². The van der Waals surface area contributed by atoms with Crippen LogP contribution in [0.2, 0.25) is 0 Å². The van der Waals surface area contributed by atoms with Gasteiger partial charge in [0, 0.05) is 18.5 Å². The number of hydrogen-bond donors (Lipinski definition) is 0. The molecule has 0 unspecified atom stereocenters. The Kier molecular flexibility index (Phi) is 6.34. The summed E-state index contributed by atoms with van der Waals surface area (Å²) in [5.41, 5.74) is 2.17. The van der Waals surface area contributed by atoms with Crippen molar-refractivity contribution in [2.24, 2.45) is 0 Å². The topological polar surface area (TPSA) is 82.1 Å². The van der Waals surface area contributed by atoms with E-state index in [0.717, 1.165) is 36.3 Å². The van der Waals surface area contributed by atoms with Crippen LogP contribution in [0.25, 0.3) is 5.69 Å². The SMILES string of the molecule is CCc1cccc(-n2c(S[C@@H](C)c3nc(C(C)(C)C)no3)nnc2N2CCOCC2)c1. The predicted molar refractivity (Wildman–Crippen MR) is 121 cm³/mol. The van der Waals surface area contributed by atoms with Gasteiger partial charge in [-0.3, -0.25) is 4.57 Å². The minimum absolute atomic E-state index is 0.0570. The van der Waals surface area contributed by atoms with Gasteiger partial charge in [-0.1, -0.05) is 56.7 Å². The van der Waals surface area contributed by atoms with Crippen molar-refractivity contribution in [3.05, 3.63) is 41.5 Å². The first-order valence-electron chi connectivity index (χ1n) is 10.7. The third-order valence-corrected chi connectivity index (χ3v) is 6.26. The van der Waals surface area contributed by atoms with Crippen molar-refractivity contribution in [1.29, 1.82) is 0 Å². The fourth-order valence-electron chi connectivity index (χ4n) is 3.36. The molecule has 3 aromatic rings. The number of anilines is 1. The van der Waals surface area contributed by atoms with Crippen molar-refractivity contribution < 1.29 is 9.26 Å². The molecule has 166 valence electrons. The highest BCUT2D eigenvalue weighted by atomic mass is 32.2. The smallest absolute Gasteiger partial charge is 0.239 e. The number of nitrogens with zero attached hydrogens (tertiary/aromatic N) is 6. The standard InChI is InChI=1S/C22H30N6O2S/c1-6-16-8-7-9-17(14-16)28-20(27-10-12-29-13-11-27)24-25-21(28)31-15(2)18-23-19(26-30-18)22(3,4)5/h7-9,14-15H,6,10-13H2,1-5H3/t15-/m0/s1. The molecule has 0 bridgehead atoms. The van der Waals surface area contributed by atoms with Gasteiger partial charge in [0.15, 0.2) is 11.0 Å². The van der Waals surface area contributed by atoms with E-state index in [1.807, 2.05) is 0 Å². The maximum atomic E-state index is 5.56. The number of aryl methyl sites for hydroxylation is 1. The molecule has 8 nitrogen and oxygen atoms in total. The van der Waals surface area contributed by atoms with Crippen LogP contribution in [-0.4, -0.2) is 51.2 Å². The average Bonchev–Trinajstić information content (AvgIpc) is 3.42. The zero-order valence-electron chi connectivity index (χ0n) is 18.8. The number of hydrogen-bond acceptors (Lipinski definition) is 8. The lowest BCUT2D eigenvalue weighted by molar-refractivity contribution is 0.122. The highest BCUT2D eigenvalue weighted by Gasteiger charge is 2.27.